The van der Waals surface area contributed by atoms with Gasteiger partial charge in [0, 0.05) is 25.4 Å². The predicted molar refractivity (Wildman–Crippen MR) is 102 cm³/mol. The summed E-state index contributed by atoms with van der Waals surface area (Å²) in [5, 5.41) is 21.1. The van der Waals surface area contributed by atoms with E-state index in [1.54, 1.807) is 12.0 Å². The van der Waals surface area contributed by atoms with Gasteiger partial charge in [0.2, 0.25) is 5.13 Å². The molecule has 2 rings (SSSR count). The Morgan fingerprint density at radius 2 is 2.08 bits per heavy atom. The number of aromatic nitrogens is 2. The highest BCUT2D eigenvalue weighted by Crippen LogP contribution is 2.31. The lowest BCUT2D eigenvalue weighted by Gasteiger charge is -2.23. The van der Waals surface area contributed by atoms with Gasteiger partial charge in [-0.2, -0.15) is 0 Å². The number of hydrogen-bond donors (Lipinski definition) is 1. The third kappa shape index (κ3) is 5.12. The fourth-order valence-electron chi connectivity index (χ4n) is 2.91. The number of aliphatic hydroxyl groups excluding tert-OH is 1. The van der Waals surface area contributed by atoms with E-state index in [1.165, 1.54) is 35.5 Å². The number of unbranched alkanes of at least 4 members (excludes halogenated alkanes) is 3. The molecule has 0 spiro atoms. The zero-order valence-corrected chi connectivity index (χ0v) is 17.3. The fourth-order valence-corrected chi connectivity index (χ4v) is 4.06. The summed E-state index contributed by atoms with van der Waals surface area (Å²) in [5.74, 6) is 0. The molecule has 0 bridgehead atoms. The van der Waals surface area contributed by atoms with Gasteiger partial charge in [0.05, 0.1) is 6.61 Å². The van der Waals surface area contributed by atoms with Crippen molar-refractivity contribution >= 4 is 38.4 Å². The van der Waals surface area contributed by atoms with Crippen LogP contribution in [0, 0.1) is 0 Å². The van der Waals surface area contributed by atoms with Crippen LogP contribution in [0.4, 0.5) is 9.93 Å². The highest BCUT2D eigenvalue weighted by atomic mass is 79.9. The van der Waals surface area contributed by atoms with Crippen LogP contribution in [0.5, 0.6) is 0 Å². The lowest BCUT2D eigenvalue weighted by atomic mass is 10.2. The Kier molecular flexibility index (Phi) is 8.54. The highest BCUT2D eigenvalue weighted by molar-refractivity contribution is 9.09. The maximum absolute atomic E-state index is 12.8. The van der Waals surface area contributed by atoms with Crippen LogP contribution in [0.25, 0.3) is 0 Å². The monoisotopic (exact) mass is 434 g/mol. The van der Waals surface area contributed by atoms with Crippen LogP contribution in [0.2, 0.25) is 0 Å². The molecule has 0 aliphatic carbocycles. The number of urea groups is 1. The van der Waals surface area contributed by atoms with E-state index in [-0.39, 0.29) is 12.6 Å². The number of hydrogen-bond acceptors (Lipinski definition) is 6. The Balaban J connectivity index is 2.07. The molecule has 1 aliphatic heterocycles. The molecule has 1 saturated heterocycles. The second-order valence-electron chi connectivity index (χ2n) is 6.11. The first kappa shape index (κ1) is 20.5. The molecular formula is C16H27BrN4O3S. The van der Waals surface area contributed by atoms with Crippen LogP contribution in [0.15, 0.2) is 0 Å². The maximum Gasteiger partial charge on any atom is 0.329 e. The van der Waals surface area contributed by atoms with Crippen LogP contribution in [-0.2, 0) is 11.2 Å². The Morgan fingerprint density at radius 3 is 2.76 bits per heavy atom. The second-order valence-corrected chi connectivity index (χ2v) is 7.95. The number of nitrogens with zero attached hydrogens (tertiary/aromatic N) is 4. The molecule has 0 saturated carbocycles. The van der Waals surface area contributed by atoms with E-state index in [1.807, 2.05) is 0 Å². The van der Waals surface area contributed by atoms with Gasteiger partial charge in [-0.3, -0.25) is 0 Å². The smallest absolute Gasteiger partial charge is 0.329 e. The van der Waals surface area contributed by atoms with Crippen molar-refractivity contribution in [1.29, 1.82) is 0 Å². The fraction of sp³-hybridized carbons (Fsp3) is 0.812. The van der Waals surface area contributed by atoms with E-state index in [0.29, 0.717) is 11.7 Å². The number of aryl methyl sites for hydroxylation is 1. The number of anilines is 1. The van der Waals surface area contributed by atoms with Crippen molar-refractivity contribution in [3.05, 3.63) is 5.01 Å². The largest absolute Gasteiger partial charge is 0.382 e. The molecule has 1 aromatic rings. The van der Waals surface area contributed by atoms with Gasteiger partial charge in [-0.1, -0.05) is 53.5 Å². The Hall–Kier alpha value is -0.770. The number of halogens is 1. The van der Waals surface area contributed by atoms with Gasteiger partial charge in [-0.05, 0) is 12.8 Å². The lowest BCUT2D eigenvalue weighted by molar-refractivity contribution is 0.0555. The summed E-state index contributed by atoms with van der Waals surface area (Å²) in [6.45, 7) is 3.03. The third-order valence-corrected chi connectivity index (χ3v) is 5.78. The quantitative estimate of drug-likeness (QED) is 0.427. The van der Waals surface area contributed by atoms with E-state index in [9.17, 15) is 9.90 Å². The van der Waals surface area contributed by atoms with Gasteiger partial charge in [0.15, 0.2) is 6.23 Å². The molecule has 9 heteroatoms. The SMILES string of the molecule is CCCCCCc1nnc(N2C(=O)N(CCCBr)C(COC)C2O)s1. The van der Waals surface area contributed by atoms with Crippen molar-refractivity contribution in [3.63, 3.8) is 0 Å². The normalized spacial score (nSPS) is 20.7. The first-order valence-electron chi connectivity index (χ1n) is 8.79. The average Bonchev–Trinajstić information content (AvgIpc) is 3.14. The Labute approximate surface area is 161 Å². The summed E-state index contributed by atoms with van der Waals surface area (Å²) in [6.07, 6.45) is 5.37. The molecule has 1 aliphatic rings. The van der Waals surface area contributed by atoms with Gasteiger partial charge in [0.25, 0.3) is 0 Å². The maximum atomic E-state index is 12.8. The molecule has 2 atom stereocenters. The molecule has 1 aromatic heterocycles. The molecule has 2 amide bonds. The van der Waals surface area contributed by atoms with Gasteiger partial charge >= 0.3 is 6.03 Å². The first-order valence-corrected chi connectivity index (χ1v) is 10.7. The topological polar surface area (TPSA) is 78.8 Å². The minimum absolute atomic E-state index is 0.232. The molecule has 2 unspecified atom stereocenters. The molecule has 0 aromatic carbocycles. The summed E-state index contributed by atoms with van der Waals surface area (Å²) >= 11 is 4.77. The number of methoxy groups -OCH3 is 1. The molecule has 0 radical (unpaired) electrons. The standard InChI is InChI=1S/C16H27BrN4O3S/c1-3-4-5-6-8-13-18-19-15(25-13)21-14(22)12(11-24-2)20(16(21)23)10-7-9-17/h12,14,22H,3-11H2,1-2H3. The van der Waals surface area contributed by atoms with Gasteiger partial charge in [0.1, 0.15) is 11.0 Å². The first-order chi connectivity index (χ1) is 12.1. The van der Waals surface area contributed by atoms with Gasteiger partial charge < -0.3 is 14.7 Å². The molecule has 7 nitrogen and oxygen atoms in total. The van der Waals surface area contributed by atoms with Crippen molar-refractivity contribution in [1.82, 2.24) is 15.1 Å². The molecule has 142 valence electrons. The lowest BCUT2D eigenvalue weighted by Crippen LogP contribution is -2.41. The number of carbonyl (C=O) groups excluding carboxylic acids is 1. The van der Waals surface area contributed by atoms with Crippen LogP contribution < -0.4 is 4.90 Å². The molecule has 1 fully saturated rings. The molecular weight excluding hydrogens is 408 g/mol. The number of aliphatic hydroxyl groups is 1. The van der Waals surface area contributed by atoms with E-state index in [4.69, 9.17) is 4.74 Å². The van der Waals surface area contributed by atoms with Crippen LogP contribution >= 0.6 is 27.3 Å². The minimum Gasteiger partial charge on any atom is -0.382 e. The summed E-state index contributed by atoms with van der Waals surface area (Å²) in [6, 6.07) is -0.627. The van der Waals surface area contributed by atoms with E-state index in [2.05, 4.69) is 33.1 Å². The molecule has 1 N–H and O–H groups in total. The van der Waals surface area contributed by atoms with Gasteiger partial charge in [-0.15, -0.1) is 10.2 Å². The summed E-state index contributed by atoms with van der Waals surface area (Å²) in [7, 11) is 1.57. The average molecular weight is 435 g/mol. The minimum atomic E-state index is -0.969. The summed E-state index contributed by atoms with van der Waals surface area (Å²) in [5.41, 5.74) is 0. The Bertz CT molecular complexity index is 545. The summed E-state index contributed by atoms with van der Waals surface area (Å²) in [4.78, 5) is 15.8. The van der Waals surface area contributed by atoms with Crippen LogP contribution in [0.3, 0.4) is 0 Å². The number of ether oxygens (including phenoxy) is 1. The second kappa shape index (κ2) is 10.4. The van der Waals surface area contributed by atoms with Crippen LogP contribution in [-0.4, -0.2) is 64.1 Å². The molecule has 2 heterocycles. The van der Waals surface area contributed by atoms with Crippen molar-refractivity contribution in [2.45, 2.75) is 57.7 Å². The van der Waals surface area contributed by atoms with Crippen LogP contribution in [0.1, 0.15) is 44.0 Å². The third-order valence-electron chi connectivity index (χ3n) is 4.24. The summed E-state index contributed by atoms with van der Waals surface area (Å²) < 4.78 is 5.20. The van der Waals surface area contributed by atoms with Crippen molar-refractivity contribution in [2.24, 2.45) is 0 Å². The van der Waals surface area contributed by atoms with Crippen molar-refractivity contribution in [2.75, 3.05) is 30.5 Å². The van der Waals surface area contributed by atoms with Crippen molar-refractivity contribution in [3.8, 4) is 0 Å². The zero-order chi connectivity index (χ0) is 18.2. The Morgan fingerprint density at radius 1 is 1.28 bits per heavy atom. The van der Waals surface area contributed by atoms with E-state index >= 15 is 0 Å². The number of alkyl halides is 1. The van der Waals surface area contributed by atoms with Gasteiger partial charge in [-0.25, -0.2) is 9.69 Å². The number of amides is 2. The van der Waals surface area contributed by atoms with E-state index in [0.717, 1.165) is 29.6 Å². The van der Waals surface area contributed by atoms with E-state index < -0.39 is 12.3 Å². The van der Waals surface area contributed by atoms with Crippen molar-refractivity contribution < 1.29 is 14.6 Å². The number of carbonyl (C=O) groups is 1. The highest BCUT2D eigenvalue weighted by Gasteiger charge is 2.46. The molecule has 25 heavy (non-hydrogen) atoms. The number of rotatable bonds is 11. The predicted octanol–water partition coefficient (Wildman–Crippen LogP) is 3.02. The zero-order valence-electron chi connectivity index (χ0n) is 14.9.